The minimum absolute atomic E-state index is 0.0930. The fourth-order valence-electron chi connectivity index (χ4n) is 1.99. The van der Waals surface area contributed by atoms with E-state index < -0.39 is 6.61 Å². The summed E-state index contributed by atoms with van der Waals surface area (Å²) in [5.74, 6) is 0.807. The van der Waals surface area contributed by atoms with Crippen LogP contribution in [0.25, 0.3) is 0 Å². The normalized spacial score (nSPS) is 11.0. The van der Waals surface area contributed by atoms with E-state index in [-0.39, 0.29) is 17.4 Å². The molecular formula is C17H22F2N4O2S2. The monoisotopic (exact) mass is 416 g/mol. The summed E-state index contributed by atoms with van der Waals surface area (Å²) < 4.78 is 29.2. The molecule has 0 spiro atoms. The zero-order valence-corrected chi connectivity index (χ0v) is 16.7. The van der Waals surface area contributed by atoms with Gasteiger partial charge in [-0.15, -0.1) is 10.2 Å². The van der Waals surface area contributed by atoms with Crippen LogP contribution in [0, 0.1) is 5.92 Å². The van der Waals surface area contributed by atoms with Crippen LogP contribution in [-0.4, -0.2) is 41.6 Å². The number of carbonyl (C=O) groups is 1. The van der Waals surface area contributed by atoms with Crippen LogP contribution in [0.2, 0.25) is 0 Å². The fourth-order valence-corrected chi connectivity index (χ4v) is 3.58. The highest BCUT2D eigenvalue weighted by Gasteiger charge is 2.08. The average Bonchev–Trinajstić information content (AvgIpc) is 3.07. The van der Waals surface area contributed by atoms with Crippen LogP contribution in [0.15, 0.2) is 28.6 Å². The highest BCUT2D eigenvalue weighted by atomic mass is 32.2. The van der Waals surface area contributed by atoms with Crippen LogP contribution >= 0.6 is 23.1 Å². The van der Waals surface area contributed by atoms with Gasteiger partial charge in [-0.3, -0.25) is 4.79 Å². The molecule has 0 radical (unpaired) electrons. The Labute approximate surface area is 165 Å². The minimum Gasteiger partial charge on any atom is -0.435 e. The van der Waals surface area contributed by atoms with Gasteiger partial charge in [-0.05, 0) is 30.0 Å². The average molecular weight is 417 g/mol. The number of carbonyl (C=O) groups excluding carboxylic acids is 1. The SMILES string of the molecule is CC(C)CNc1nnc(SCC(=O)NCCc2ccc(OC(F)F)cc2)s1. The molecule has 0 saturated carbocycles. The summed E-state index contributed by atoms with van der Waals surface area (Å²) in [6, 6.07) is 6.37. The van der Waals surface area contributed by atoms with Crippen molar-refractivity contribution in [2.45, 2.75) is 31.2 Å². The molecule has 2 aromatic rings. The molecule has 0 bridgehead atoms. The van der Waals surface area contributed by atoms with Gasteiger partial charge in [-0.2, -0.15) is 8.78 Å². The predicted molar refractivity (Wildman–Crippen MR) is 104 cm³/mol. The number of hydrogen-bond acceptors (Lipinski definition) is 7. The van der Waals surface area contributed by atoms with Crippen molar-refractivity contribution in [3.05, 3.63) is 29.8 Å². The maximum absolute atomic E-state index is 12.1. The molecule has 0 aliphatic rings. The number of anilines is 1. The second kappa shape index (κ2) is 11.0. The Kier molecular flexibility index (Phi) is 8.73. The molecule has 0 aliphatic heterocycles. The number of ether oxygens (including phenoxy) is 1. The van der Waals surface area contributed by atoms with Gasteiger partial charge >= 0.3 is 6.61 Å². The third-order valence-electron chi connectivity index (χ3n) is 3.28. The van der Waals surface area contributed by atoms with Crippen molar-refractivity contribution in [3.8, 4) is 5.75 Å². The molecule has 0 saturated heterocycles. The molecule has 1 aromatic carbocycles. The van der Waals surface area contributed by atoms with E-state index >= 15 is 0 Å². The lowest BCUT2D eigenvalue weighted by atomic mass is 10.1. The molecule has 2 rings (SSSR count). The van der Waals surface area contributed by atoms with Gasteiger partial charge in [0.2, 0.25) is 11.0 Å². The van der Waals surface area contributed by atoms with Gasteiger partial charge < -0.3 is 15.4 Å². The number of nitrogens with zero attached hydrogens (tertiary/aromatic N) is 2. The lowest BCUT2D eigenvalue weighted by molar-refractivity contribution is -0.118. The molecule has 0 aliphatic carbocycles. The molecule has 0 unspecified atom stereocenters. The molecule has 1 heterocycles. The largest absolute Gasteiger partial charge is 0.435 e. The Morgan fingerprint density at radius 1 is 1.26 bits per heavy atom. The van der Waals surface area contributed by atoms with Crippen molar-refractivity contribution in [1.82, 2.24) is 15.5 Å². The molecule has 148 valence electrons. The number of amides is 1. The molecule has 0 atom stereocenters. The number of rotatable bonds is 11. The summed E-state index contributed by atoms with van der Waals surface area (Å²) in [5, 5.41) is 14.9. The number of alkyl halides is 2. The first kappa shape index (κ1) is 21.4. The van der Waals surface area contributed by atoms with Gasteiger partial charge in [0.05, 0.1) is 5.75 Å². The third-order valence-corrected chi connectivity index (χ3v) is 5.29. The minimum atomic E-state index is -2.83. The topological polar surface area (TPSA) is 76.1 Å². The first-order chi connectivity index (χ1) is 12.9. The van der Waals surface area contributed by atoms with Crippen LogP contribution in [0.5, 0.6) is 5.75 Å². The summed E-state index contributed by atoms with van der Waals surface area (Å²) in [6.07, 6.45) is 0.605. The number of halogens is 2. The van der Waals surface area contributed by atoms with E-state index in [0.29, 0.717) is 18.9 Å². The van der Waals surface area contributed by atoms with E-state index in [1.54, 1.807) is 12.1 Å². The van der Waals surface area contributed by atoms with Gasteiger partial charge in [-0.25, -0.2) is 0 Å². The summed E-state index contributed by atoms with van der Waals surface area (Å²) in [5.41, 5.74) is 0.926. The van der Waals surface area contributed by atoms with Gasteiger partial charge in [0.1, 0.15) is 5.75 Å². The molecule has 27 heavy (non-hydrogen) atoms. The lowest BCUT2D eigenvalue weighted by Gasteiger charge is -2.07. The molecule has 6 nitrogen and oxygen atoms in total. The maximum Gasteiger partial charge on any atom is 0.387 e. The Balaban J connectivity index is 1.64. The number of aromatic nitrogens is 2. The molecule has 2 N–H and O–H groups in total. The molecular weight excluding hydrogens is 394 g/mol. The standard InChI is InChI=1S/C17H22F2N4O2S2/c1-11(2)9-21-16-22-23-17(27-16)26-10-14(24)20-8-7-12-3-5-13(6-4-12)25-15(18)19/h3-6,11,15H,7-10H2,1-2H3,(H,20,24)(H,21,22). The number of thioether (sulfide) groups is 1. The summed E-state index contributed by atoms with van der Waals surface area (Å²) in [6.45, 7) is 2.68. The van der Waals surface area contributed by atoms with Crippen LogP contribution in [-0.2, 0) is 11.2 Å². The summed E-state index contributed by atoms with van der Waals surface area (Å²) in [4.78, 5) is 11.9. The fraction of sp³-hybridized carbons (Fsp3) is 0.471. The number of benzene rings is 1. The number of hydrogen-bond donors (Lipinski definition) is 2. The predicted octanol–water partition coefficient (Wildman–Crippen LogP) is 3.66. The van der Waals surface area contributed by atoms with Crippen molar-refractivity contribution in [1.29, 1.82) is 0 Å². The van der Waals surface area contributed by atoms with E-state index in [0.717, 1.165) is 21.6 Å². The second-order valence-electron chi connectivity index (χ2n) is 6.06. The van der Waals surface area contributed by atoms with Crippen molar-refractivity contribution < 1.29 is 18.3 Å². The highest BCUT2D eigenvalue weighted by Crippen LogP contribution is 2.25. The quantitative estimate of drug-likeness (QED) is 0.545. The van der Waals surface area contributed by atoms with E-state index in [2.05, 4.69) is 39.4 Å². The molecule has 0 fully saturated rings. The smallest absolute Gasteiger partial charge is 0.387 e. The van der Waals surface area contributed by atoms with E-state index in [1.807, 2.05) is 0 Å². The Morgan fingerprint density at radius 3 is 2.67 bits per heavy atom. The third kappa shape index (κ3) is 8.53. The summed E-state index contributed by atoms with van der Waals surface area (Å²) >= 11 is 2.77. The maximum atomic E-state index is 12.1. The zero-order chi connectivity index (χ0) is 19.6. The van der Waals surface area contributed by atoms with Crippen molar-refractivity contribution in [2.24, 2.45) is 5.92 Å². The highest BCUT2D eigenvalue weighted by molar-refractivity contribution is 8.01. The lowest BCUT2D eigenvalue weighted by Crippen LogP contribution is -2.27. The van der Waals surface area contributed by atoms with Crippen molar-refractivity contribution in [2.75, 3.05) is 24.2 Å². The van der Waals surface area contributed by atoms with E-state index in [1.165, 1.54) is 35.2 Å². The summed E-state index contributed by atoms with van der Waals surface area (Å²) in [7, 11) is 0. The van der Waals surface area contributed by atoms with Gasteiger partial charge in [0, 0.05) is 13.1 Å². The Morgan fingerprint density at radius 2 is 2.00 bits per heavy atom. The van der Waals surface area contributed by atoms with Gasteiger partial charge in [-0.1, -0.05) is 49.1 Å². The van der Waals surface area contributed by atoms with E-state index in [9.17, 15) is 13.6 Å². The van der Waals surface area contributed by atoms with Crippen LogP contribution in [0.1, 0.15) is 19.4 Å². The molecule has 10 heteroatoms. The van der Waals surface area contributed by atoms with Crippen molar-refractivity contribution in [3.63, 3.8) is 0 Å². The molecule has 1 aromatic heterocycles. The molecule has 1 amide bonds. The Hall–Kier alpha value is -1.94. The zero-order valence-electron chi connectivity index (χ0n) is 15.1. The van der Waals surface area contributed by atoms with Crippen LogP contribution < -0.4 is 15.4 Å². The van der Waals surface area contributed by atoms with E-state index in [4.69, 9.17) is 0 Å². The second-order valence-corrected chi connectivity index (χ2v) is 8.26. The Bertz CT molecular complexity index is 711. The van der Waals surface area contributed by atoms with Crippen LogP contribution in [0.4, 0.5) is 13.9 Å². The first-order valence-corrected chi connectivity index (χ1v) is 10.2. The van der Waals surface area contributed by atoms with Crippen molar-refractivity contribution >= 4 is 34.1 Å². The van der Waals surface area contributed by atoms with Gasteiger partial charge in [0.25, 0.3) is 0 Å². The van der Waals surface area contributed by atoms with Gasteiger partial charge in [0.15, 0.2) is 4.34 Å². The van der Waals surface area contributed by atoms with Crippen LogP contribution in [0.3, 0.4) is 0 Å². The number of nitrogens with one attached hydrogen (secondary N) is 2. The first-order valence-electron chi connectivity index (χ1n) is 8.43.